The largest absolute Gasteiger partial charge is 0.497 e. The summed E-state index contributed by atoms with van der Waals surface area (Å²) in [6, 6.07) is 5.58. The third-order valence-corrected chi connectivity index (χ3v) is 3.69. The lowest BCUT2D eigenvalue weighted by molar-refractivity contribution is -0.140. The van der Waals surface area contributed by atoms with Crippen LogP contribution in [0.15, 0.2) is 23.4 Å². The number of carbonyl (C=O) groups is 1. The van der Waals surface area contributed by atoms with E-state index in [1.54, 1.807) is 14.0 Å². The van der Waals surface area contributed by atoms with Crippen LogP contribution >= 0.6 is 11.8 Å². The molecule has 1 aromatic carbocycles. The quantitative estimate of drug-likeness (QED) is 0.813. The molecule has 0 aliphatic rings. The molecule has 1 heterocycles. The van der Waals surface area contributed by atoms with E-state index in [4.69, 9.17) is 9.84 Å². The van der Waals surface area contributed by atoms with Crippen LogP contribution in [0.1, 0.15) is 6.92 Å². The average molecular weight is 266 g/mol. The second-order valence-electron chi connectivity index (χ2n) is 3.98. The maximum atomic E-state index is 10.7. The third kappa shape index (κ3) is 2.76. The van der Waals surface area contributed by atoms with E-state index in [2.05, 4.69) is 9.97 Å². The number of imidazole rings is 1. The Balaban J connectivity index is 2.12. The molecule has 1 atom stereocenters. The van der Waals surface area contributed by atoms with Gasteiger partial charge in [0.2, 0.25) is 0 Å². The number of benzene rings is 1. The van der Waals surface area contributed by atoms with Crippen molar-refractivity contribution in [1.29, 1.82) is 0 Å². The van der Waals surface area contributed by atoms with Crippen LogP contribution < -0.4 is 4.74 Å². The number of aromatic amines is 1. The van der Waals surface area contributed by atoms with Gasteiger partial charge in [-0.15, -0.1) is 0 Å². The minimum atomic E-state index is -0.791. The number of carboxylic acids is 1. The van der Waals surface area contributed by atoms with Gasteiger partial charge in [0.05, 0.1) is 24.1 Å². The van der Waals surface area contributed by atoms with Crippen molar-refractivity contribution in [3.05, 3.63) is 18.2 Å². The highest BCUT2D eigenvalue weighted by molar-refractivity contribution is 7.99. The molecular formula is C12H14N2O3S. The second kappa shape index (κ2) is 5.30. The number of nitrogens with one attached hydrogen (secondary N) is 1. The normalized spacial score (nSPS) is 12.6. The van der Waals surface area contributed by atoms with Gasteiger partial charge in [0.25, 0.3) is 0 Å². The maximum absolute atomic E-state index is 10.7. The van der Waals surface area contributed by atoms with E-state index in [1.165, 1.54) is 11.8 Å². The van der Waals surface area contributed by atoms with E-state index in [0.717, 1.165) is 21.9 Å². The lowest BCUT2D eigenvalue weighted by Gasteiger charge is -2.02. The standard InChI is InChI=1S/C12H14N2O3S/c1-7(11(15)16)6-18-12-13-9-4-3-8(17-2)5-10(9)14-12/h3-5,7H,6H2,1-2H3,(H,13,14)(H,15,16). The first-order valence-electron chi connectivity index (χ1n) is 5.49. The highest BCUT2D eigenvalue weighted by Gasteiger charge is 2.12. The molecule has 96 valence electrons. The molecule has 2 aromatic rings. The van der Waals surface area contributed by atoms with Gasteiger partial charge in [-0.25, -0.2) is 4.98 Å². The predicted molar refractivity (Wildman–Crippen MR) is 70.2 cm³/mol. The first-order chi connectivity index (χ1) is 8.60. The Bertz CT molecular complexity index is 567. The molecule has 0 radical (unpaired) electrons. The lowest BCUT2D eigenvalue weighted by atomic mass is 10.2. The zero-order chi connectivity index (χ0) is 13.1. The molecule has 0 saturated carbocycles. The van der Waals surface area contributed by atoms with Crippen molar-refractivity contribution in [3.8, 4) is 5.75 Å². The van der Waals surface area contributed by atoms with Crippen molar-refractivity contribution in [2.24, 2.45) is 5.92 Å². The SMILES string of the molecule is COc1ccc2nc(SCC(C)C(=O)O)[nH]c2c1. The van der Waals surface area contributed by atoms with Crippen LogP contribution in [0, 0.1) is 5.92 Å². The van der Waals surface area contributed by atoms with Crippen LogP contribution in [-0.4, -0.2) is 33.9 Å². The van der Waals surface area contributed by atoms with Gasteiger partial charge in [-0.1, -0.05) is 18.7 Å². The highest BCUT2D eigenvalue weighted by atomic mass is 32.2. The van der Waals surface area contributed by atoms with Crippen LogP contribution in [0.25, 0.3) is 11.0 Å². The summed E-state index contributed by atoms with van der Waals surface area (Å²) >= 11 is 1.41. The van der Waals surface area contributed by atoms with Crippen molar-refractivity contribution >= 4 is 28.8 Å². The Morgan fingerprint density at radius 1 is 1.61 bits per heavy atom. The molecule has 1 unspecified atom stereocenters. The minimum absolute atomic E-state index is 0.391. The number of methoxy groups -OCH3 is 1. The fraction of sp³-hybridized carbons (Fsp3) is 0.333. The van der Waals surface area contributed by atoms with Gasteiger partial charge in [-0.3, -0.25) is 4.79 Å². The summed E-state index contributed by atoms with van der Waals surface area (Å²) in [5.41, 5.74) is 1.74. The molecule has 0 amide bonds. The fourth-order valence-electron chi connectivity index (χ4n) is 1.44. The van der Waals surface area contributed by atoms with Crippen LogP contribution in [-0.2, 0) is 4.79 Å². The molecule has 1 aromatic heterocycles. The topological polar surface area (TPSA) is 75.2 Å². The van der Waals surface area contributed by atoms with Crippen LogP contribution in [0.5, 0.6) is 5.75 Å². The van der Waals surface area contributed by atoms with E-state index >= 15 is 0 Å². The summed E-state index contributed by atoms with van der Waals surface area (Å²) < 4.78 is 5.13. The van der Waals surface area contributed by atoms with Gasteiger partial charge in [0.15, 0.2) is 5.16 Å². The molecule has 0 fully saturated rings. The number of nitrogens with zero attached hydrogens (tertiary/aromatic N) is 1. The summed E-state index contributed by atoms with van der Waals surface area (Å²) in [6.07, 6.45) is 0. The van der Waals surface area contributed by atoms with Crippen molar-refractivity contribution in [2.75, 3.05) is 12.9 Å². The number of rotatable bonds is 5. The fourth-order valence-corrected chi connectivity index (χ4v) is 2.33. The summed E-state index contributed by atoms with van der Waals surface area (Å²) in [5, 5.41) is 9.54. The molecule has 0 aliphatic carbocycles. The smallest absolute Gasteiger partial charge is 0.307 e. The van der Waals surface area contributed by atoms with E-state index in [1.807, 2.05) is 18.2 Å². The van der Waals surface area contributed by atoms with Gasteiger partial charge >= 0.3 is 5.97 Å². The molecule has 2 N–H and O–H groups in total. The summed E-state index contributed by atoms with van der Waals surface area (Å²) in [7, 11) is 1.61. The molecule has 2 rings (SSSR count). The molecule has 0 saturated heterocycles. The van der Waals surface area contributed by atoms with Gasteiger partial charge in [-0.05, 0) is 12.1 Å². The maximum Gasteiger partial charge on any atom is 0.307 e. The average Bonchev–Trinajstić information content (AvgIpc) is 2.77. The lowest BCUT2D eigenvalue weighted by Crippen LogP contribution is -2.11. The van der Waals surface area contributed by atoms with Crippen molar-refractivity contribution in [3.63, 3.8) is 0 Å². The van der Waals surface area contributed by atoms with Gasteiger partial charge < -0.3 is 14.8 Å². The van der Waals surface area contributed by atoms with E-state index < -0.39 is 11.9 Å². The van der Waals surface area contributed by atoms with Gasteiger partial charge in [0, 0.05) is 11.8 Å². The Kier molecular flexibility index (Phi) is 3.76. The Labute approximate surface area is 109 Å². The summed E-state index contributed by atoms with van der Waals surface area (Å²) in [5.74, 6) is 0.0753. The van der Waals surface area contributed by atoms with Crippen molar-refractivity contribution < 1.29 is 14.6 Å². The van der Waals surface area contributed by atoms with Gasteiger partial charge in [-0.2, -0.15) is 0 Å². The first kappa shape index (κ1) is 12.8. The number of hydrogen-bond acceptors (Lipinski definition) is 4. The molecule has 0 aliphatic heterocycles. The van der Waals surface area contributed by atoms with E-state index in [0.29, 0.717) is 5.75 Å². The number of thioether (sulfide) groups is 1. The van der Waals surface area contributed by atoms with Crippen LogP contribution in [0.2, 0.25) is 0 Å². The number of ether oxygens (including phenoxy) is 1. The molecule has 0 bridgehead atoms. The Hall–Kier alpha value is -1.69. The molecule has 5 nitrogen and oxygen atoms in total. The summed E-state index contributed by atoms with van der Waals surface area (Å²) in [6.45, 7) is 1.68. The number of hydrogen-bond donors (Lipinski definition) is 2. The van der Waals surface area contributed by atoms with E-state index in [-0.39, 0.29) is 0 Å². The second-order valence-corrected chi connectivity index (χ2v) is 4.98. The number of H-pyrrole nitrogens is 1. The third-order valence-electron chi connectivity index (χ3n) is 2.56. The molecule has 18 heavy (non-hydrogen) atoms. The minimum Gasteiger partial charge on any atom is -0.497 e. The van der Waals surface area contributed by atoms with E-state index in [9.17, 15) is 4.79 Å². The zero-order valence-corrected chi connectivity index (χ0v) is 11.0. The molecule has 6 heteroatoms. The Morgan fingerprint density at radius 2 is 2.39 bits per heavy atom. The summed E-state index contributed by atoms with van der Waals surface area (Å²) in [4.78, 5) is 18.2. The number of aromatic nitrogens is 2. The monoisotopic (exact) mass is 266 g/mol. The van der Waals surface area contributed by atoms with Crippen molar-refractivity contribution in [2.45, 2.75) is 12.1 Å². The van der Waals surface area contributed by atoms with Crippen LogP contribution in [0.3, 0.4) is 0 Å². The molecular weight excluding hydrogens is 252 g/mol. The zero-order valence-electron chi connectivity index (χ0n) is 10.1. The first-order valence-corrected chi connectivity index (χ1v) is 6.48. The number of carboxylic acid groups (broad SMARTS) is 1. The number of aliphatic carboxylic acids is 1. The predicted octanol–water partition coefficient (Wildman–Crippen LogP) is 2.38. The number of fused-ring (bicyclic) bond motifs is 1. The van der Waals surface area contributed by atoms with Gasteiger partial charge in [0.1, 0.15) is 5.75 Å². The molecule has 0 spiro atoms. The van der Waals surface area contributed by atoms with Crippen molar-refractivity contribution in [1.82, 2.24) is 9.97 Å². The Morgan fingerprint density at radius 3 is 3.06 bits per heavy atom. The highest BCUT2D eigenvalue weighted by Crippen LogP contribution is 2.24. The van der Waals surface area contributed by atoms with Crippen LogP contribution in [0.4, 0.5) is 0 Å².